The fraction of sp³-hybridized carbons (Fsp3) is 0.471. The van der Waals surface area contributed by atoms with Crippen LogP contribution in [0.5, 0.6) is 5.75 Å². The lowest BCUT2D eigenvalue weighted by molar-refractivity contribution is 0.0127. The minimum atomic E-state index is -0.526. The van der Waals surface area contributed by atoms with E-state index >= 15 is 0 Å². The van der Waals surface area contributed by atoms with Crippen molar-refractivity contribution in [2.75, 3.05) is 27.3 Å². The molecule has 1 aromatic carbocycles. The maximum atomic E-state index is 10.1. The fourth-order valence-corrected chi connectivity index (χ4v) is 2.42. The summed E-state index contributed by atoms with van der Waals surface area (Å²) < 4.78 is 12.5. The molecule has 0 saturated heterocycles. The molecule has 2 rings (SSSR count). The third-order valence-corrected chi connectivity index (χ3v) is 3.45. The molecule has 0 radical (unpaired) electrons. The number of aliphatic hydroxyl groups excluding tert-OH is 1. The number of hydrogen-bond donors (Lipinski definition) is 1. The molecule has 1 unspecified atom stereocenters. The van der Waals surface area contributed by atoms with Gasteiger partial charge in [-0.1, -0.05) is 12.1 Å². The van der Waals surface area contributed by atoms with Gasteiger partial charge in [0.15, 0.2) is 0 Å². The number of aliphatic hydroxyl groups is 1. The first-order chi connectivity index (χ1) is 11.1. The molecule has 0 saturated carbocycles. The van der Waals surface area contributed by atoms with E-state index in [-0.39, 0.29) is 0 Å². The summed E-state index contributed by atoms with van der Waals surface area (Å²) in [4.78, 5) is 2.05. The van der Waals surface area contributed by atoms with Crippen LogP contribution in [0.3, 0.4) is 0 Å². The lowest BCUT2D eigenvalue weighted by Crippen LogP contribution is -2.31. The van der Waals surface area contributed by atoms with Crippen molar-refractivity contribution in [1.29, 1.82) is 0 Å². The second-order valence-electron chi connectivity index (χ2n) is 5.74. The zero-order valence-electron chi connectivity index (χ0n) is 14.0. The summed E-state index contributed by atoms with van der Waals surface area (Å²) in [5.74, 6) is 0.808. The highest BCUT2D eigenvalue weighted by Gasteiger charge is 2.10. The first kappa shape index (κ1) is 17.5. The molecular weight excluding hydrogens is 294 g/mol. The molecule has 2 aromatic rings. The third-order valence-electron chi connectivity index (χ3n) is 3.45. The minimum Gasteiger partial charge on any atom is -0.497 e. The van der Waals surface area contributed by atoms with E-state index in [9.17, 15) is 5.11 Å². The van der Waals surface area contributed by atoms with Crippen molar-refractivity contribution in [1.82, 2.24) is 14.7 Å². The van der Waals surface area contributed by atoms with Crippen LogP contribution in [-0.4, -0.2) is 53.2 Å². The first-order valence-corrected chi connectivity index (χ1v) is 7.61. The summed E-state index contributed by atoms with van der Waals surface area (Å²) in [5.41, 5.74) is 2.15. The lowest BCUT2D eigenvalue weighted by Gasteiger charge is -2.20. The van der Waals surface area contributed by atoms with Crippen LogP contribution in [0, 0.1) is 0 Å². The quantitative estimate of drug-likeness (QED) is 0.758. The SMILES string of the molecule is COc1cccc(COCC(O)CN(C)Cc2cnn(C)c2)c1. The normalized spacial score (nSPS) is 12.6. The Morgan fingerprint density at radius 2 is 2.17 bits per heavy atom. The number of rotatable bonds is 9. The summed E-state index contributed by atoms with van der Waals surface area (Å²) in [6.07, 6.45) is 3.28. The molecule has 6 heteroatoms. The Kier molecular flexibility index (Phi) is 6.58. The largest absolute Gasteiger partial charge is 0.497 e. The standard InChI is InChI=1S/C17H25N3O3/c1-19(9-15-8-18-20(2)10-15)11-16(21)13-23-12-14-5-4-6-17(7-14)22-3/h4-8,10,16,21H,9,11-13H2,1-3H3. The maximum absolute atomic E-state index is 10.1. The summed E-state index contributed by atoms with van der Waals surface area (Å²) in [6, 6.07) is 7.73. The summed E-state index contributed by atoms with van der Waals surface area (Å²) in [5, 5.41) is 14.2. The molecule has 0 aliphatic rings. The Morgan fingerprint density at radius 1 is 1.35 bits per heavy atom. The van der Waals surface area contributed by atoms with Gasteiger partial charge in [-0.3, -0.25) is 9.58 Å². The second kappa shape index (κ2) is 8.67. The maximum Gasteiger partial charge on any atom is 0.119 e. The molecule has 126 valence electrons. The van der Waals surface area contributed by atoms with Gasteiger partial charge in [0.1, 0.15) is 5.75 Å². The third kappa shape index (κ3) is 6.02. The van der Waals surface area contributed by atoms with E-state index in [1.165, 1.54) is 0 Å². The topological polar surface area (TPSA) is 59.8 Å². The number of aryl methyl sites for hydroxylation is 1. The fourth-order valence-electron chi connectivity index (χ4n) is 2.42. The van der Waals surface area contributed by atoms with Crippen LogP contribution in [0.2, 0.25) is 0 Å². The molecule has 6 nitrogen and oxygen atoms in total. The van der Waals surface area contributed by atoms with Crippen molar-refractivity contribution in [3.05, 3.63) is 47.8 Å². The Morgan fingerprint density at radius 3 is 2.87 bits per heavy atom. The number of likely N-dealkylation sites (N-methyl/N-ethyl adjacent to an activating group) is 1. The Bertz CT molecular complexity index is 600. The van der Waals surface area contributed by atoms with Crippen molar-refractivity contribution in [2.24, 2.45) is 7.05 Å². The molecule has 1 aromatic heterocycles. The van der Waals surface area contributed by atoms with E-state index in [1.807, 2.05) is 50.8 Å². The van der Waals surface area contributed by atoms with Crippen molar-refractivity contribution in [3.8, 4) is 5.75 Å². The Labute approximate surface area is 137 Å². The van der Waals surface area contributed by atoms with Gasteiger partial charge < -0.3 is 14.6 Å². The number of benzene rings is 1. The molecule has 23 heavy (non-hydrogen) atoms. The number of hydrogen-bond acceptors (Lipinski definition) is 5. The van der Waals surface area contributed by atoms with Crippen molar-refractivity contribution >= 4 is 0 Å². The highest BCUT2D eigenvalue weighted by molar-refractivity contribution is 5.27. The van der Waals surface area contributed by atoms with Gasteiger partial charge in [0.2, 0.25) is 0 Å². The molecule has 0 spiro atoms. The van der Waals surface area contributed by atoms with Gasteiger partial charge in [-0.25, -0.2) is 0 Å². The van der Waals surface area contributed by atoms with E-state index in [0.717, 1.165) is 23.4 Å². The van der Waals surface area contributed by atoms with Crippen LogP contribution >= 0.6 is 0 Å². The highest BCUT2D eigenvalue weighted by Crippen LogP contribution is 2.13. The monoisotopic (exact) mass is 319 g/mol. The van der Waals surface area contributed by atoms with Crippen molar-refractivity contribution < 1.29 is 14.6 Å². The molecule has 1 N–H and O–H groups in total. The van der Waals surface area contributed by atoms with Gasteiger partial charge in [-0.05, 0) is 24.7 Å². The molecule has 0 aliphatic carbocycles. The van der Waals surface area contributed by atoms with E-state index in [2.05, 4.69) is 10.00 Å². The molecule has 1 atom stereocenters. The van der Waals surface area contributed by atoms with Crippen LogP contribution in [-0.2, 0) is 24.9 Å². The van der Waals surface area contributed by atoms with E-state index in [1.54, 1.807) is 11.8 Å². The molecule has 0 amide bonds. The van der Waals surface area contributed by atoms with E-state index in [0.29, 0.717) is 19.8 Å². The zero-order chi connectivity index (χ0) is 16.7. The predicted molar refractivity (Wildman–Crippen MR) is 88.2 cm³/mol. The van der Waals surface area contributed by atoms with Gasteiger partial charge in [0.05, 0.1) is 32.6 Å². The molecule has 0 bridgehead atoms. The number of aromatic nitrogens is 2. The van der Waals surface area contributed by atoms with Crippen LogP contribution in [0.25, 0.3) is 0 Å². The average molecular weight is 319 g/mol. The molecule has 0 aliphatic heterocycles. The Hall–Kier alpha value is -1.89. The summed E-state index contributed by atoms with van der Waals surface area (Å²) >= 11 is 0. The van der Waals surface area contributed by atoms with Crippen molar-refractivity contribution in [2.45, 2.75) is 19.3 Å². The Balaban J connectivity index is 1.68. The minimum absolute atomic E-state index is 0.300. The summed E-state index contributed by atoms with van der Waals surface area (Å²) in [6.45, 7) is 2.06. The van der Waals surface area contributed by atoms with Gasteiger partial charge in [-0.15, -0.1) is 0 Å². The number of ether oxygens (including phenoxy) is 2. The highest BCUT2D eigenvalue weighted by atomic mass is 16.5. The first-order valence-electron chi connectivity index (χ1n) is 7.61. The van der Waals surface area contributed by atoms with Crippen LogP contribution in [0.1, 0.15) is 11.1 Å². The van der Waals surface area contributed by atoms with Gasteiger partial charge >= 0.3 is 0 Å². The lowest BCUT2D eigenvalue weighted by atomic mass is 10.2. The number of nitrogens with zero attached hydrogens (tertiary/aromatic N) is 3. The van der Waals surface area contributed by atoms with Gasteiger partial charge in [0, 0.05) is 31.9 Å². The van der Waals surface area contributed by atoms with Crippen LogP contribution in [0.4, 0.5) is 0 Å². The second-order valence-corrected chi connectivity index (χ2v) is 5.74. The van der Waals surface area contributed by atoms with Crippen LogP contribution in [0.15, 0.2) is 36.7 Å². The smallest absolute Gasteiger partial charge is 0.119 e. The number of methoxy groups -OCH3 is 1. The predicted octanol–water partition coefficient (Wildman–Crippen LogP) is 1.44. The average Bonchev–Trinajstić information content (AvgIpc) is 2.92. The van der Waals surface area contributed by atoms with Crippen LogP contribution < -0.4 is 4.74 Å². The molecular formula is C17H25N3O3. The van der Waals surface area contributed by atoms with E-state index < -0.39 is 6.10 Å². The zero-order valence-corrected chi connectivity index (χ0v) is 14.0. The van der Waals surface area contributed by atoms with Crippen molar-refractivity contribution in [3.63, 3.8) is 0 Å². The summed E-state index contributed by atoms with van der Waals surface area (Å²) in [7, 11) is 5.50. The molecule has 0 fully saturated rings. The van der Waals surface area contributed by atoms with Gasteiger partial charge in [-0.2, -0.15) is 5.10 Å². The van der Waals surface area contributed by atoms with E-state index in [4.69, 9.17) is 9.47 Å². The molecule has 1 heterocycles. The van der Waals surface area contributed by atoms with Gasteiger partial charge in [0.25, 0.3) is 0 Å².